The first-order valence-electron chi connectivity index (χ1n) is 8.27. The number of nitrogens with two attached hydrogens (primary N) is 1. The highest BCUT2D eigenvalue weighted by atomic mass is 19.1. The number of hydrogen-bond donors (Lipinski definition) is 3. The van der Waals surface area contributed by atoms with Crippen molar-refractivity contribution in [2.45, 2.75) is 0 Å². The van der Waals surface area contributed by atoms with E-state index >= 15 is 0 Å². The number of pyridine rings is 1. The Hall–Kier alpha value is -3.98. The number of hydrogen-bond acceptors (Lipinski definition) is 8. The first-order chi connectivity index (χ1) is 13.8. The quantitative estimate of drug-likeness (QED) is 0.346. The molecular weight excluding hydrogens is 363 g/mol. The monoisotopic (exact) mass is 378 g/mol. The molecule has 0 saturated carbocycles. The number of nitrogens with one attached hydrogen (secondary N) is 2. The average Bonchev–Trinajstić information content (AvgIpc) is 3.42. The van der Waals surface area contributed by atoms with Crippen molar-refractivity contribution in [3.05, 3.63) is 84.5 Å². The van der Waals surface area contributed by atoms with E-state index in [4.69, 9.17) is 14.8 Å². The second-order valence-electron chi connectivity index (χ2n) is 5.64. The molecule has 0 radical (unpaired) electrons. The van der Waals surface area contributed by atoms with Crippen LogP contribution in [0.2, 0.25) is 0 Å². The molecule has 4 rings (SSSR count). The summed E-state index contributed by atoms with van der Waals surface area (Å²) in [5, 5.41) is 6.94. The maximum absolute atomic E-state index is 14.2. The van der Waals surface area contributed by atoms with Gasteiger partial charge in [-0.3, -0.25) is 10.8 Å². The normalized spacial score (nSPS) is 11.8. The molecule has 0 spiro atoms. The summed E-state index contributed by atoms with van der Waals surface area (Å²) < 4.78 is 24.8. The Morgan fingerprint density at radius 2 is 1.82 bits per heavy atom. The fourth-order valence-corrected chi connectivity index (χ4v) is 2.57. The molecule has 3 heterocycles. The minimum absolute atomic E-state index is 0.101. The molecule has 0 unspecified atom stereocenters. The van der Waals surface area contributed by atoms with Gasteiger partial charge in [-0.1, -0.05) is 17.3 Å². The van der Waals surface area contributed by atoms with Crippen molar-refractivity contribution >= 4 is 17.1 Å². The number of anilines is 1. The molecule has 0 aliphatic heterocycles. The van der Waals surface area contributed by atoms with Crippen LogP contribution in [0, 0.1) is 5.82 Å². The molecule has 3 aromatic heterocycles. The van der Waals surface area contributed by atoms with Gasteiger partial charge in [-0.05, 0) is 36.4 Å². The van der Waals surface area contributed by atoms with Crippen molar-refractivity contribution < 1.29 is 13.3 Å². The molecule has 4 N–H and O–H groups in total. The molecule has 0 saturated heterocycles. The van der Waals surface area contributed by atoms with E-state index in [1.54, 1.807) is 54.9 Å². The number of furan rings is 1. The van der Waals surface area contributed by atoms with E-state index in [-0.39, 0.29) is 23.1 Å². The Kier molecular flexibility index (Phi) is 4.81. The van der Waals surface area contributed by atoms with Crippen molar-refractivity contribution in [3.8, 4) is 11.6 Å². The van der Waals surface area contributed by atoms with Crippen LogP contribution in [0.3, 0.4) is 0 Å². The summed E-state index contributed by atoms with van der Waals surface area (Å²) in [5.41, 5.74) is 4.22. The molecule has 0 aliphatic carbocycles. The van der Waals surface area contributed by atoms with Gasteiger partial charge < -0.3 is 19.7 Å². The van der Waals surface area contributed by atoms with E-state index in [1.165, 1.54) is 12.3 Å². The van der Waals surface area contributed by atoms with Crippen molar-refractivity contribution in [2.24, 2.45) is 5.84 Å². The second kappa shape index (κ2) is 7.72. The highest BCUT2D eigenvalue weighted by molar-refractivity contribution is 5.93. The van der Waals surface area contributed by atoms with Crippen molar-refractivity contribution in [1.82, 2.24) is 20.6 Å². The average molecular weight is 378 g/mol. The lowest BCUT2D eigenvalue weighted by Gasteiger charge is -2.15. The minimum atomic E-state index is -0.424. The molecule has 0 amide bonds. The van der Waals surface area contributed by atoms with Gasteiger partial charge in [-0.25, -0.2) is 4.39 Å². The SMILES string of the molecule is NN/C(=C(\Nc1ccccc1F)c1ccncc1)c1nc(-c2ccco2)no1. The Morgan fingerprint density at radius 1 is 1.00 bits per heavy atom. The zero-order valence-electron chi connectivity index (χ0n) is 14.5. The summed E-state index contributed by atoms with van der Waals surface area (Å²) in [6.07, 6.45) is 4.72. The molecule has 0 fully saturated rings. The van der Waals surface area contributed by atoms with Gasteiger partial charge in [-0.15, -0.1) is 0 Å². The van der Waals surface area contributed by atoms with Gasteiger partial charge in [-0.2, -0.15) is 4.98 Å². The molecule has 0 aliphatic rings. The predicted octanol–water partition coefficient (Wildman–Crippen LogP) is 3.26. The van der Waals surface area contributed by atoms with Gasteiger partial charge in [0.05, 0.1) is 17.6 Å². The lowest BCUT2D eigenvalue weighted by molar-refractivity contribution is 0.404. The lowest BCUT2D eigenvalue weighted by atomic mass is 10.1. The predicted molar refractivity (Wildman–Crippen MR) is 100 cm³/mol. The summed E-state index contributed by atoms with van der Waals surface area (Å²) in [6, 6.07) is 13.2. The number of rotatable bonds is 6. The molecule has 1 aromatic carbocycles. The zero-order chi connectivity index (χ0) is 19.3. The second-order valence-corrected chi connectivity index (χ2v) is 5.64. The summed E-state index contributed by atoms with van der Waals surface area (Å²) in [5.74, 6) is 6.13. The van der Waals surface area contributed by atoms with Crippen LogP contribution in [-0.4, -0.2) is 15.1 Å². The first kappa shape index (κ1) is 17.4. The number of benzene rings is 1. The van der Waals surface area contributed by atoms with Crippen LogP contribution in [0.15, 0.2) is 76.1 Å². The molecule has 0 atom stereocenters. The van der Waals surface area contributed by atoms with Crippen molar-refractivity contribution in [2.75, 3.05) is 5.32 Å². The molecule has 28 heavy (non-hydrogen) atoms. The zero-order valence-corrected chi connectivity index (χ0v) is 14.5. The molecule has 8 nitrogen and oxygen atoms in total. The van der Waals surface area contributed by atoms with Gasteiger partial charge in [0, 0.05) is 18.0 Å². The number of aromatic nitrogens is 3. The van der Waals surface area contributed by atoms with E-state index in [2.05, 4.69) is 25.9 Å². The maximum atomic E-state index is 14.2. The van der Waals surface area contributed by atoms with Crippen LogP contribution in [-0.2, 0) is 0 Å². The summed E-state index contributed by atoms with van der Waals surface area (Å²) in [4.78, 5) is 8.32. The fourth-order valence-electron chi connectivity index (χ4n) is 2.57. The Bertz CT molecular complexity index is 1090. The van der Waals surface area contributed by atoms with Crippen LogP contribution in [0.1, 0.15) is 11.5 Å². The molecule has 140 valence electrons. The van der Waals surface area contributed by atoms with E-state index in [0.29, 0.717) is 17.0 Å². The third kappa shape index (κ3) is 3.46. The number of halogens is 1. The summed E-state index contributed by atoms with van der Waals surface area (Å²) >= 11 is 0. The molecule has 9 heteroatoms. The lowest BCUT2D eigenvalue weighted by Crippen LogP contribution is -2.23. The van der Waals surface area contributed by atoms with Crippen LogP contribution < -0.4 is 16.6 Å². The standard InChI is InChI=1S/C19H15FN6O2/c20-13-4-1-2-5-14(13)23-16(12-7-9-22-10-8-12)17(25-21)19-24-18(26-28-19)15-6-3-11-27-15/h1-11,23,25H,21H2/b17-16-. The molecular formula is C19H15FN6O2. The smallest absolute Gasteiger partial charge is 0.277 e. The maximum Gasteiger partial charge on any atom is 0.277 e. The van der Waals surface area contributed by atoms with Gasteiger partial charge in [0.1, 0.15) is 11.5 Å². The van der Waals surface area contributed by atoms with Crippen molar-refractivity contribution in [1.29, 1.82) is 0 Å². The van der Waals surface area contributed by atoms with Crippen molar-refractivity contribution in [3.63, 3.8) is 0 Å². The highest BCUT2D eigenvalue weighted by Crippen LogP contribution is 2.27. The Balaban J connectivity index is 1.82. The molecule has 0 bridgehead atoms. The number of para-hydroxylation sites is 1. The third-order valence-corrected chi connectivity index (χ3v) is 3.88. The highest BCUT2D eigenvalue weighted by Gasteiger charge is 2.20. The van der Waals surface area contributed by atoms with Crippen LogP contribution in [0.4, 0.5) is 10.1 Å². The van der Waals surface area contributed by atoms with Gasteiger partial charge in [0.15, 0.2) is 5.76 Å². The summed E-state index contributed by atoms with van der Waals surface area (Å²) in [6.45, 7) is 0. The van der Waals surface area contributed by atoms with Gasteiger partial charge >= 0.3 is 0 Å². The van der Waals surface area contributed by atoms with E-state index in [9.17, 15) is 4.39 Å². The largest absolute Gasteiger partial charge is 0.461 e. The van der Waals surface area contributed by atoms with Crippen LogP contribution in [0.5, 0.6) is 0 Å². The van der Waals surface area contributed by atoms with E-state index in [1.807, 2.05) is 0 Å². The number of hydrazine groups is 1. The topological polar surface area (TPSA) is 115 Å². The Labute approximate surface area is 158 Å². The number of nitrogens with zero attached hydrogens (tertiary/aromatic N) is 3. The Morgan fingerprint density at radius 3 is 2.54 bits per heavy atom. The third-order valence-electron chi connectivity index (χ3n) is 3.88. The first-order valence-corrected chi connectivity index (χ1v) is 8.27. The van der Waals surface area contributed by atoms with Crippen LogP contribution in [0.25, 0.3) is 23.0 Å². The van der Waals surface area contributed by atoms with Gasteiger partial charge in [0.25, 0.3) is 5.89 Å². The minimum Gasteiger partial charge on any atom is -0.461 e. The fraction of sp³-hybridized carbons (Fsp3) is 0. The molecule has 4 aromatic rings. The van der Waals surface area contributed by atoms with E-state index in [0.717, 1.165) is 0 Å². The van der Waals surface area contributed by atoms with E-state index < -0.39 is 5.82 Å². The van der Waals surface area contributed by atoms with Crippen LogP contribution >= 0.6 is 0 Å². The van der Waals surface area contributed by atoms with Gasteiger partial charge in [0.2, 0.25) is 5.82 Å². The summed E-state index contributed by atoms with van der Waals surface area (Å²) in [7, 11) is 0.